The van der Waals surface area contributed by atoms with Gasteiger partial charge in [0.1, 0.15) is 36.6 Å². The van der Waals surface area contributed by atoms with Gasteiger partial charge in [0.2, 0.25) is 0 Å². The van der Waals surface area contributed by atoms with Crippen LogP contribution >= 0.6 is 0 Å². The molecule has 2 heterocycles. The SMILES string of the molecule is CO[C@H]1O[C@H](CO[C@@H]2C[C@@H](OCc3ccccc3)[C@H](OCc3ccccc3)[C@@H](COCc3ccccc3)O2)[C@@H](OC)[C@H](OC)[C@H]1OC. The summed E-state index contributed by atoms with van der Waals surface area (Å²) in [5.74, 6) is 0. The highest BCUT2D eigenvalue weighted by Crippen LogP contribution is 2.31. The van der Waals surface area contributed by atoms with Crippen LogP contribution in [0.3, 0.4) is 0 Å². The molecule has 0 aliphatic carbocycles. The van der Waals surface area contributed by atoms with Gasteiger partial charge in [-0.1, -0.05) is 91.0 Å². The Hall–Kier alpha value is -2.74. The number of benzene rings is 3. The Labute approximate surface area is 278 Å². The van der Waals surface area contributed by atoms with Crippen molar-refractivity contribution in [3.63, 3.8) is 0 Å². The van der Waals surface area contributed by atoms with E-state index in [1.807, 2.05) is 91.0 Å². The molecule has 0 unspecified atom stereocenters. The Bertz CT molecular complexity index is 1270. The Kier molecular flexibility index (Phi) is 14.2. The standard InChI is InChI=1S/C37H48O10/c1-38-34-31(47-37(41-4)36(40-3)35(34)39-2)25-44-32-20-29(43-22-27-16-10-6-11-17-27)33(45-23-28-18-12-7-13-19-28)30(46-32)24-42-21-26-14-8-5-9-15-26/h5-19,29-37H,20-25H2,1-4H3/t29-,30-,31-,32+,33+,34-,35+,36-,37+/m1/s1. The lowest BCUT2D eigenvalue weighted by atomic mass is 9.98. The van der Waals surface area contributed by atoms with Crippen molar-refractivity contribution in [2.75, 3.05) is 41.7 Å². The fourth-order valence-corrected chi connectivity index (χ4v) is 6.13. The second-order valence-corrected chi connectivity index (χ2v) is 11.6. The van der Waals surface area contributed by atoms with E-state index < -0.39 is 49.2 Å². The van der Waals surface area contributed by atoms with Gasteiger partial charge >= 0.3 is 0 Å². The van der Waals surface area contributed by atoms with Crippen LogP contribution in [-0.2, 0) is 67.2 Å². The fourth-order valence-electron chi connectivity index (χ4n) is 6.13. The highest BCUT2D eigenvalue weighted by molar-refractivity contribution is 5.15. The minimum Gasteiger partial charge on any atom is -0.376 e. The zero-order chi connectivity index (χ0) is 32.8. The molecule has 2 aliphatic rings. The monoisotopic (exact) mass is 652 g/mol. The van der Waals surface area contributed by atoms with Gasteiger partial charge in [-0.2, -0.15) is 0 Å². The largest absolute Gasteiger partial charge is 0.376 e. The first-order chi connectivity index (χ1) is 23.1. The lowest BCUT2D eigenvalue weighted by Crippen LogP contribution is -2.61. The predicted molar refractivity (Wildman–Crippen MR) is 173 cm³/mol. The molecule has 0 amide bonds. The molecule has 0 aromatic heterocycles. The Morgan fingerprint density at radius 3 is 1.60 bits per heavy atom. The summed E-state index contributed by atoms with van der Waals surface area (Å²) in [6.07, 6.45) is -3.93. The molecule has 10 heteroatoms. The minimum atomic E-state index is -0.658. The average molecular weight is 653 g/mol. The van der Waals surface area contributed by atoms with E-state index >= 15 is 0 Å². The van der Waals surface area contributed by atoms with E-state index in [1.165, 1.54) is 0 Å². The fraction of sp³-hybridized carbons (Fsp3) is 0.514. The molecule has 9 atom stereocenters. The molecule has 0 radical (unpaired) electrons. The molecule has 47 heavy (non-hydrogen) atoms. The van der Waals surface area contributed by atoms with E-state index in [9.17, 15) is 0 Å². The van der Waals surface area contributed by atoms with Crippen molar-refractivity contribution in [1.29, 1.82) is 0 Å². The summed E-state index contributed by atoms with van der Waals surface area (Å²) in [5, 5.41) is 0. The van der Waals surface area contributed by atoms with E-state index in [0.717, 1.165) is 16.7 Å². The summed E-state index contributed by atoms with van der Waals surface area (Å²) in [6.45, 7) is 1.71. The summed E-state index contributed by atoms with van der Waals surface area (Å²) in [6, 6.07) is 30.2. The van der Waals surface area contributed by atoms with Crippen LogP contribution in [0.4, 0.5) is 0 Å². The molecule has 2 fully saturated rings. The normalized spacial score (nSPS) is 29.5. The van der Waals surface area contributed by atoms with Gasteiger partial charge in [0.05, 0.1) is 39.1 Å². The molecular formula is C37H48O10. The molecule has 3 aromatic rings. The molecule has 3 aromatic carbocycles. The van der Waals surface area contributed by atoms with E-state index in [-0.39, 0.29) is 19.3 Å². The van der Waals surface area contributed by atoms with Crippen molar-refractivity contribution in [2.45, 2.75) is 81.5 Å². The predicted octanol–water partition coefficient (Wildman–Crippen LogP) is 4.92. The second-order valence-electron chi connectivity index (χ2n) is 11.6. The quantitative estimate of drug-likeness (QED) is 0.200. The average Bonchev–Trinajstić information content (AvgIpc) is 3.13. The van der Waals surface area contributed by atoms with Crippen LogP contribution in [0, 0.1) is 0 Å². The first-order valence-corrected chi connectivity index (χ1v) is 16.1. The van der Waals surface area contributed by atoms with Crippen LogP contribution in [0.1, 0.15) is 23.1 Å². The molecular weight excluding hydrogens is 604 g/mol. The Morgan fingerprint density at radius 2 is 1.04 bits per heavy atom. The molecule has 10 nitrogen and oxygen atoms in total. The molecule has 2 saturated heterocycles. The van der Waals surface area contributed by atoms with Crippen molar-refractivity contribution in [3.05, 3.63) is 108 Å². The number of ether oxygens (including phenoxy) is 10. The molecule has 256 valence electrons. The molecule has 0 saturated carbocycles. The summed E-state index contributed by atoms with van der Waals surface area (Å²) < 4.78 is 61.4. The van der Waals surface area contributed by atoms with Gasteiger partial charge in [-0.3, -0.25) is 0 Å². The van der Waals surface area contributed by atoms with Gasteiger partial charge in [-0.05, 0) is 16.7 Å². The molecule has 0 spiro atoms. The summed E-state index contributed by atoms with van der Waals surface area (Å²) >= 11 is 0. The zero-order valence-corrected chi connectivity index (χ0v) is 27.7. The van der Waals surface area contributed by atoms with E-state index in [0.29, 0.717) is 26.2 Å². The van der Waals surface area contributed by atoms with Crippen molar-refractivity contribution in [2.24, 2.45) is 0 Å². The van der Waals surface area contributed by atoms with Crippen LogP contribution in [0.5, 0.6) is 0 Å². The first-order valence-electron chi connectivity index (χ1n) is 16.1. The van der Waals surface area contributed by atoms with E-state index in [4.69, 9.17) is 47.4 Å². The van der Waals surface area contributed by atoms with Gasteiger partial charge in [0.25, 0.3) is 0 Å². The number of hydrogen-bond acceptors (Lipinski definition) is 10. The third-order valence-corrected chi connectivity index (χ3v) is 8.56. The third kappa shape index (κ3) is 9.90. The van der Waals surface area contributed by atoms with Crippen molar-refractivity contribution < 1.29 is 47.4 Å². The van der Waals surface area contributed by atoms with Gasteiger partial charge < -0.3 is 47.4 Å². The molecule has 0 bridgehead atoms. The highest BCUT2D eigenvalue weighted by atomic mass is 16.7. The van der Waals surface area contributed by atoms with Gasteiger partial charge in [-0.25, -0.2) is 0 Å². The number of methoxy groups -OCH3 is 4. The second kappa shape index (κ2) is 18.7. The van der Waals surface area contributed by atoms with Gasteiger partial charge in [0.15, 0.2) is 12.6 Å². The van der Waals surface area contributed by atoms with E-state index in [2.05, 4.69) is 0 Å². The number of hydrogen-bond donors (Lipinski definition) is 0. The first kappa shape index (κ1) is 35.6. The van der Waals surface area contributed by atoms with E-state index in [1.54, 1.807) is 28.4 Å². The van der Waals surface area contributed by atoms with Crippen LogP contribution in [0.25, 0.3) is 0 Å². The third-order valence-electron chi connectivity index (χ3n) is 8.56. The summed E-state index contributed by atoms with van der Waals surface area (Å²) in [4.78, 5) is 0. The maximum Gasteiger partial charge on any atom is 0.186 e. The topological polar surface area (TPSA) is 92.3 Å². The Balaban J connectivity index is 1.32. The van der Waals surface area contributed by atoms with Crippen molar-refractivity contribution in [1.82, 2.24) is 0 Å². The minimum absolute atomic E-state index is 0.165. The van der Waals surface area contributed by atoms with Crippen molar-refractivity contribution >= 4 is 0 Å². The van der Waals surface area contributed by atoms with Crippen LogP contribution in [-0.4, -0.2) is 97.0 Å². The lowest BCUT2D eigenvalue weighted by Gasteiger charge is -2.45. The van der Waals surface area contributed by atoms with Gasteiger partial charge in [0, 0.05) is 34.9 Å². The maximum atomic E-state index is 6.58. The molecule has 5 rings (SSSR count). The van der Waals surface area contributed by atoms with Crippen LogP contribution in [0.15, 0.2) is 91.0 Å². The summed E-state index contributed by atoms with van der Waals surface area (Å²) in [5.41, 5.74) is 3.20. The summed E-state index contributed by atoms with van der Waals surface area (Å²) in [7, 11) is 6.40. The highest BCUT2D eigenvalue weighted by Gasteiger charge is 2.48. The molecule has 2 aliphatic heterocycles. The maximum absolute atomic E-state index is 6.58. The van der Waals surface area contributed by atoms with Gasteiger partial charge in [-0.15, -0.1) is 0 Å². The Morgan fingerprint density at radius 1 is 0.511 bits per heavy atom. The van der Waals surface area contributed by atoms with Crippen molar-refractivity contribution in [3.8, 4) is 0 Å². The van der Waals surface area contributed by atoms with Crippen LogP contribution in [0.2, 0.25) is 0 Å². The number of rotatable bonds is 17. The smallest absolute Gasteiger partial charge is 0.186 e. The van der Waals surface area contributed by atoms with Crippen LogP contribution < -0.4 is 0 Å². The zero-order valence-electron chi connectivity index (χ0n) is 27.7. The lowest BCUT2D eigenvalue weighted by molar-refractivity contribution is -0.324. The molecule has 0 N–H and O–H groups in total.